The van der Waals surface area contributed by atoms with Gasteiger partial charge >= 0.3 is 0 Å². The smallest absolute Gasteiger partial charge is 0.214 e. The first-order chi connectivity index (χ1) is 12.6. The zero-order valence-corrected chi connectivity index (χ0v) is 17.6. The summed E-state index contributed by atoms with van der Waals surface area (Å²) in [6.07, 6.45) is 2.06. The fourth-order valence-electron chi connectivity index (χ4n) is 3.51. The van der Waals surface area contributed by atoms with Crippen LogP contribution in [0.3, 0.4) is 0 Å². The second-order valence-corrected chi connectivity index (χ2v) is 9.54. The first kappa shape index (κ1) is 19.7. The van der Waals surface area contributed by atoms with Gasteiger partial charge in [0.05, 0.1) is 10.4 Å². The number of likely N-dealkylation sites (N-methyl/N-ethyl adjacent to an activating group) is 1. The molecular weight excluding hydrogens is 386 g/mol. The van der Waals surface area contributed by atoms with E-state index in [4.69, 9.17) is 11.6 Å². The Balaban J connectivity index is 2.21. The topological polar surface area (TPSA) is 79.3 Å². The third-order valence-electron chi connectivity index (χ3n) is 4.36. The number of sulfone groups is 1. The first-order valence-corrected chi connectivity index (χ1v) is 10.4. The van der Waals surface area contributed by atoms with Crippen LogP contribution in [0.1, 0.15) is 13.8 Å². The van der Waals surface area contributed by atoms with E-state index in [-0.39, 0.29) is 9.79 Å². The van der Waals surface area contributed by atoms with Gasteiger partial charge in [-0.3, -0.25) is 0 Å². The molecule has 9 heteroatoms. The summed E-state index contributed by atoms with van der Waals surface area (Å²) in [5, 5.41) is 11.1. The summed E-state index contributed by atoms with van der Waals surface area (Å²) in [6.45, 7) is 4.64. The summed E-state index contributed by atoms with van der Waals surface area (Å²) in [4.78, 5) is 2.29. The molecule has 7 nitrogen and oxygen atoms in total. The number of halogens is 1. The minimum atomic E-state index is -3.84. The van der Waals surface area contributed by atoms with Gasteiger partial charge < -0.3 is 15.5 Å². The molecule has 0 bridgehead atoms. The van der Waals surface area contributed by atoms with Gasteiger partial charge in [0, 0.05) is 24.3 Å². The minimum Gasteiger partial charge on any atom is -0.370 e. The van der Waals surface area contributed by atoms with Crippen molar-refractivity contribution in [2.75, 3.05) is 38.3 Å². The lowest BCUT2D eigenvalue weighted by molar-refractivity contribution is 0.351. The molecule has 0 amide bonds. The molecule has 2 heterocycles. The monoisotopic (exact) mass is 409 g/mol. The van der Waals surface area contributed by atoms with Crippen LogP contribution in [0, 0.1) is 0 Å². The van der Waals surface area contributed by atoms with Crippen LogP contribution in [-0.4, -0.2) is 56.3 Å². The van der Waals surface area contributed by atoms with E-state index in [1.54, 1.807) is 23.9 Å². The minimum absolute atomic E-state index is 0.115. The molecule has 1 aromatic heterocycles. The number of hydrogen-bond acceptors (Lipinski definition) is 6. The molecule has 1 unspecified atom stereocenters. The van der Waals surface area contributed by atoms with Crippen LogP contribution < -0.4 is 10.6 Å². The van der Waals surface area contributed by atoms with Gasteiger partial charge in [-0.25, -0.2) is 13.1 Å². The molecule has 2 N–H and O–H groups in total. The van der Waals surface area contributed by atoms with Crippen LogP contribution in [0.15, 0.2) is 40.1 Å². The maximum absolute atomic E-state index is 13.4. The molecular formula is C18H24ClN5O2S. The van der Waals surface area contributed by atoms with Crippen LogP contribution in [-0.2, 0) is 9.84 Å². The lowest BCUT2D eigenvalue weighted by Gasteiger charge is -2.35. The number of anilines is 2. The van der Waals surface area contributed by atoms with Gasteiger partial charge in [0.15, 0.2) is 16.5 Å². The van der Waals surface area contributed by atoms with Gasteiger partial charge in [-0.2, -0.15) is 0 Å². The average molecular weight is 410 g/mol. The van der Waals surface area contributed by atoms with E-state index >= 15 is 0 Å². The molecule has 0 radical (unpaired) electrons. The number of fused-ring (bicyclic) bond motifs is 1. The summed E-state index contributed by atoms with van der Waals surface area (Å²) < 4.78 is 28.5. The van der Waals surface area contributed by atoms with Crippen molar-refractivity contribution in [1.82, 2.24) is 14.7 Å². The van der Waals surface area contributed by atoms with Gasteiger partial charge in [-0.1, -0.05) is 17.7 Å². The molecule has 1 atom stereocenters. The Hall–Kier alpha value is -2.03. The van der Waals surface area contributed by atoms with Crippen molar-refractivity contribution >= 4 is 38.8 Å². The zero-order chi connectivity index (χ0) is 20.0. The van der Waals surface area contributed by atoms with Crippen LogP contribution in [0.25, 0.3) is 5.70 Å². The molecule has 2 aromatic rings. The molecule has 1 aliphatic heterocycles. The third-order valence-corrected chi connectivity index (χ3v) is 6.40. The van der Waals surface area contributed by atoms with Crippen molar-refractivity contribution in [2.24, 2.45) is 0 Å². The Morgan fingerprint density at radius 1 is 1.37 bits per heavy atom. The Morgan fingerprint density at radius 2 is 2.07 bits per heavy atom. The third kappa shape index (κ3) is 3.56. The molecule has 0 saturated heterocycles. The number of rotatable bonds is 5. The van der Waals surface area contributed by atoms with Crippen LogP contribution in [0.4, 0.5) is 11.6 Å². The Bertz CT molecular complexity index is 1010. The standard InChI is InChI=1S/C18H24ClN5O2S/c1-12-10-18(2,11-23(4)5)21-17-15(16(20-3)22-24(12)17)27(25,26)14-8-6-7-13(19)9-14/h6-10,21H,11H2,1-5H3,(H,20,22). The summed E-state index contributed by atoms with van der Waals surface area (Å²) in [7, 11) is 1.77. The maximum Gasteiger partial charge on any atom is 0.214 e. The number of allylic oxidation sites excluding steroid dienone is 1. The average Bonchev–Trinajstić information content (AvgIpc) is 2.92. The second kappa shape index (κ2) is 6.85. The fourth-order valence-corrected chi connectivity index (χ4v) is 5.33. The Morgan fingerprint density at radius 3 is 2.67 bits per heavy atom. The maximum atomic E-state index is 13.4. The quantitative estimate of drug-likeness (QED) is 0.790. The predicted octanol–water partition coefficient (Wildman–Crippen LogP) is 3.02. The van der Waals surface area contributed by atoms with Gasteiger partial charge in [-0.05, 0) is 52.2 Å². The molecule has 146 valence electrons. The molecule has 0 fully saturated rings. The van der Waals surface area contributed by atoms with Crippen molar-refractivity contribution < 1.29 is 8.42 Å². The van der Waals surface area contributed by atoms with E-state index < -0.39 is 15.4 Å². The second-order valence-electron chi connectivity index (χ2n) is 7.21. The molecule has 27 heavy (non-hydrogen) atoms. The highest BCUT2D eigenvalue weighted by atomic mass is 35.5. The SMILES string of the molecule is CNc1nn2c(c1S(=O)(=O)c1cccc(Cl)c1)NC(C)(CN(C)C)C=C2C. The Labute approximate surface area is 164 Å². The molecule has 1 aromatic carbocycles. The lowest BCUT2D eigenvalue weighted by atomic mass is 9.98. The van der Waals surface area contributed by atoms with Gasteiger partial charge in [0.25, 0.3) is 0 Å². The molecule has 0 spiro atoms. The number of benzene rings is 1. The van der Waals surface area contributed by atoms with Crippen molar-refractivity contribution in [1.29, 1.82) is 0 Å². The zero-order valence-electron chi connectivity index (χ0n) is 16.0. The van der Waals surface area contributed by atoms with Crippen molar-refractivity contribution in [3.05, 3.63) is 35.4 Å². The van der Waals surface area contributed by atoms with E-state index in [0.717, 1.165) is 5.70 Å². The van der Waals surface area contributed by atoms with Crippen LogP contribution >= 0.6 is 11.6 Å². The molecule has 0 aliphatic carbocycles. The van der Waals surface area contributed by atoms with E-state index in [0.29, 0.717) is 23.2 Å². The summed E-state index contributed by atoms with van der Waals surface area (Å²) >= 11 is 6.02. The highest BCUT2D eigenvalue weighted by molar-refractivity contribution is 7.91. The molecule has 3 rings (SSSR count). The largest absolute Gasteiger partial charge is 0.370 e. The summed E-state index contributed by atoms with van der Waals surface area (Å²) in [6, 6.07) is 6.26. The summed E-state index contributed by atoms with van der Waals surface area (Å²) in [5.74, 6) is 0.739. The first-order valence-electron chi connectivity index (χ1n) is 8.51. The van der Waals surface area contributed by atoms with E-state index in [1.165, 1.54) is 12.1 Å². The van der Waals surface area contributed by atoms with Crippen molar-refractivity contribution in [2.45, 2.75) is 29.2 Å². The molecule has 0 saturated carbocycles. The number of nitrogens with zero attached hydrogens (tertiary/aromatic N) is 3. The number of nitrogens with one attached hydrogen (secondary N) is 2. The molecule has 1 aliphatic rings. The lowest BCUT2D eigenvalue weighted by Crippen LogP contribution is -2.45. The predicted molar refractivity (Wildman–Crippen MR) is 109 cm³/mol. The van der Waals surface area contributed by atoms with E-state index in [1.807, 2.05) is 32.8 Å². The van der Waals surface area contributed by atoms with E-state index in [9.17, 15) is 8.42 Å². The highest BCUT2D eigenvalue weighted by Crippen LogP contribution is 2.40. The van der Waals surface area contributed by atoms with Crippen LogP contribution in [0.2, 0.25) is 5.02 Å². The van der Waals surface area contributed by atoms with E-state index in [2.05, 4.69) is 21.8 Å². The van der Waals surface area contributed by atoms with Crippen molar-refractivity contribution in [3.8, 4) is 0 Å². The highest BCUT2D eigenvalue weighted by Gasteiger charge is 2.37. The Kier molecular flexibility index (Phi) is 5.00. The normalized spacial score (nSPS) is 19.4. The number of hydrogen-bond donors (Lipinski definition) is 2. The fraction of sp³-hybridized carbons (Fsp3) is 0.389. The number of aromatic nitrogens is 2. The van der Waals surface area contributed by atoms with Crippen molar-refractivity contribution in [3.63, 3.8) is 0 Å². The van der Waals surface area contributed by atoms with Gasteiger partial charge in [0.2, 0.25) is 9.84 Å². The van der Waals surface area contributed by atoms with Crippen LogP contribution in [0.5, 0.6) is 0 Å². The van der Waals surface area contributed by atoms with Gasteiger partial charge in [-0.15, -0.1) is 5.10 Å². The summed E-state index contributed by atoms with van der Waals surface area (Å²) in [5.41, 5.74) is 0.421. The van der Waals surface area contributed by atoms with Gasteiger partial charge in [0.1, 0.15) is 0 Å².